The highest BCUT2D eigenvalue weighted by molar-refractivity contribution is 7.89. The first-order chi connectivity index (χ1) is 17.3. The van der Waals surface area contributed by atoms with Crippen LogP contribution in [0.4, 0.5) is 0 Å². The van der Waals surface area contributed by atoms with Crippen molar-refractivity contribution in [1.29, 1.82) is 0 Å². The molecule has 0 atom stereocenters. The Morgan fingerprint density at radius 3 is 2.44 bits per heavy atom. The van der Waals surface area contributed by atoms with Gasteiger partial charge in [0.1, 0.15) is 5.82 Å². The highest BCUT2D eigenvalue weighted by Crippen LogP contribution is 2.34. The van der Waals surface area contributed by atoms with E-state index in [9.17, 15) is 13.2 Å². The fourth-order valence-electron chi connectivity index (χ4n) is 4.70. The molecule has 0 unspecified atom stereocenters. The molecule has 0 saturated heterocycles. The van der Waals surface area contributed by atoms with Crippen molar-refractivity contribution in [1.82, 2.24) is 28.4 Å². The highest BCUT2D eigenvalue weighted by Gasteiger charge is 2.21. The number of para-hydroxylation sites is 1. The molecule has 0 fully saturated rings. The van der Waals surface area contributed by atoms with Gasteiger partial charge in [0.25, 0.3) is 0 Å². The number of benzene rings is 3. The SMILES string of the molecule is CNS(=O)(=O)c1ccc2nc(-c3cccc4cccnc34)n(-c3ccc4c(c3)n(C)c(=O)n4C)c2c1. The van der Waals surface area contributed by atoms with Crippen molar-refractivity contribution in [3.63, 3.8) is 0 Å². The standard InChI is InChI=1S/C26H22N6O3S/c1-27-36(34,35)18-10-11-20-22(15-18)32(17-9-12-21-23(14-17)31(3)26(33)30(21)2)25(29-20)19-8-4-6-16-7-5-13-28-24(16)19/h4-15,27H,1-3H3. The van der Waals surface area contributed by atoms with Crippen LogP contribution in [-0.2, 0) is 24.1 Å². The fraction of sp³-hybridized carbons (Fsp3) is 0.115. The Morgan fingerprint density at radius 2 is 1.64 bits per heavy atom. The summed E-state index contributed by atoms with van der Waals surface area (Å²) in [7, 11) is 1.17. The summed E-state index contributed by atoms with van der Waals surface area (Å²) in [6, 6.07) is 20.3. The first kappa shape index (κ1) is 22.2. The zero-order chi connectivity index (χ0) is 25.2. The molecule has 0 bridgehead atoms. The van der Waals surface area contributed by atoms with Gasteiger partial charge in [-0.15, -0.1) is 0 Å². The maximum atomic E-state index is 12.6. The van der Waals surface area contributed by atoms with Crippen LogP contribution >= 0.6 is 0 Å². The van der Waals surface area contributed by atoms with Crippen molar-refractivity contribution in [2.75, 3.05) is 7.05 Å². The topological polar surface area (TPSA) is 104 Å². The van der Waals surface area contributed by atoms with Gasteiger partial charge in [-0.25, -0.2) is 22.9 Å². The molecule has 3 aromatic carbocycles. The van der Waals surface area contributed by atoms with Crippen molar-refractivity contribution in [2.45, 2.75) is 4.90 Å². The number of sulfonamides is 1. The second-order valence-corrected chi connectivity index (χ2v) is 10.5. The summed E-state index contributed by atoms with van der Waals surface area (Å²) in [6.07, 6.45) is 1.74. The molecule has 0 spiro atoms. The van der Waals surface area contributed by atoms with Crippen LogP contribution < -0.4 is 10.4 Å². The molecule has 180 valence electrons. The van der Waals surface area contributed by atoms with Crippen LogP contribution in [0.15, 0.2) is 82.6 Å². The van der Waals surface area contributed by atoms with E-state index >= 15 is 0 Å². The van der Waals surface area contributed by atoms with Crippen LogP contribution in [0.1, 0.15) is 0 Å². The Labute approximate surface area is 206 Å². The summed E-state index contributed by atoms with van der Waals surface area (Å²) >= 11 is 0. The van der Waals surface area contributed by atoms with E-state index in [1.807, 2.05) is 53.1 Å². The predicted octanol–water partition coefficient (Wildman–Crippen LogP) is 3.34. The molecular weight excluding hydrogens is 476 g/mol. The second kappa shape index (κ2) is 7.87. The number of hydrogen-bond acceptors (Lipinski definition) is 5. The van der Waals surface area contributed by atoms with Gasteiger partial charge < -0.3 is 0 Å². The summed E-state index contributed by atoms with van der Waals surface area (Å²) in [5.41, 5.74) is 5.01. The first-order valence-corrected chi connectivity index (χ1v) is 12.7. The molecule has 1 N–H and O–H groups in total. The summed E-state index contributed by atoms with van der Waals surface area (Å²) in [5.74, 6) is 0.619. The van der Waals surface area contributed by atoms with Gasteiger partial charge in [0.15, 0.2) is 0 Å². The number of rotatable bonds is 4. The minimum atomic E-state index is -3.67. The first-order valence-electron chi connectivity index (χ1n) is 11.3. The molecule has 0 radical (unpaired) electrons. The lowest BCUT2D eigenvalue weighted by molar-refractivity contribution is 0.588. The number of imidazole rings is 2. The molecule has 0 saturated carbocycles. The van der Waals surface area contributed by atoms with E-state index in [0.717, 1.165) is 33.2 Å². The van der Waals surface area contributed by atoms with Gasteiger partial charge in [0, 0.05) is 36.9 Å². The zero-order valence-electron chi connectivity index (χ0n) is 19.8. The van der Waals surface area contributed by atoms with Crippen LogP contribution in [0.5, 0.6) is 0 Å². The normalized spacial score (nSPS) is 12.2. The number of pyridine rings is 1. The van der Waals surface area contributed by atoms with E-state index in [0.29, 0.717) is 16.9 Å². The summed E-state index contributed by atoms with van der Waals surface area (Å²) in [4.78, 5) is 22.2. The van der Waals surface area contributed by atoms with Crippen molar-refractivity contribution in [2.24, 2.45) is 14.1 Å². The lowest BCUT2D eigenvalue weighted by Gasteiger charge is -2.12. The number of nitrogens with one attached hydrogen (secondary N) is 1. The van der Waals surface area contributed by atoms with E-state index in [-0.39, 0.29) is 10.6 Å². The Morgan fingerprint density at radius 1 is 0.861 bits per heavy atom. The average molecular weight is 499 g/mol. The third-order valence-electron chi connectivity index (χ3n) is 6.59. The third-order valence-corrected chi connectivity index (χ3v) is 8.00. The van der Waals surface area contributed by atoms with Gasteiger partial charge >= 0.3 is 5.69 Å². The van der Waals surface area contributed by atoms with Gasteiger partial charge in [-0.2, -0.15) is 0 Å². The molecule has 6 aromatic rings. The monoisotopic (exact) mass is 498 g/mol. The fourth-order valence-corrected chi connectivity index (χ4v) is 5.45. The molecule has 10 heteroatoms. The minimum Gasteiger partial charge on any atom is -0.295 e. The molecule has 3 heterocycles. The zero-order valence-corrected chi connectivity index (χ0v) is 20.6. The molecule has 9 nitrogen and oxygen atoms in total. The number of fused-ring (bicyclic) bond motifs is 3. The van der Waals surface area contributed by atoms with Gasteiger partial charge in [0.05, 0.1) is 32.5 Å². The minimum absolute atomic E-state index is 0.126. The van der Waals surface area contributed by atoms with E-state index < -0.39 is 10.0 Å². The molecule has 0 aliphatic carbocycles. The second-order valence-electron chi connectivity index (χ2n) is 8.58. The maximum absolute atomic E-state index is 12.6. The smallest absolute Gasteiger partial charge is 0.295 e. The molecular formula is C26H22N6O3S. The van der Waals surface area contributed by atoms with E-state index in [1.165, 1.54) is 7.05 Å². The summed E-state index contributed by atoms with van der Waals surface area (Å²) in [6.45, 7) is 0. The van der Waals surface area contributed by atoms with Crippen LogP contribution in [0, 0.1) is 0 Å². The van der Waals surface area contributed by atoms with Gasteiger partial charge in [0.2, 0.25) is 10.0 Å². The summed E-state index contributed by atoms with van der Waals surface area (Å²) in [5, 5.41) is 0.966. The largest absolute Gasteiger partial charge is 0.328 e. The Bertz CT molecular complexity index is 1990. The third kappa shape index (κ3) is 3.19. The van der Waals surface area contributed by atoms with E-state index in [4.69, 9.17) is 4.98 Å². The average Bonchev–Trinajstić information content (AvgIpc) is 3.38. The van der Waals surface area contributed by atoms with Crippen LogP contribution in [0.25, 0.3) is 50.0 Å². The molecule has 6 rings (SSSR count). The van der Waals surface area contributed by atoms with Crippen molar-refractivity contribution >= 4 is 43.0 Å². The quantitative estimate of drug-likeness (QED) is 0.402. The lowest BCUT2D eigenvalue weighted by atomic mass is 10.1. The van der Waals surface area contributed by atoms with Crippen molar-refractivity contribution in [3.05, 3.63) is 83.4 Å². The van der Waals surface area contributed by atoms with Crippen molar-refractivity contribution in [3.8, 4) is 17.1 Å². The van der Waals surface area contributed by atoms with Gasteiger partial charge in [-0.05, 0) is 55.6 Å². The van der Waals surface area contributed by atoms with Gasteiger partial charge in [-0.3, -0.25) is 18.7 Å². The molecule has 36 heavy (non-hydrogen) atoms. The highest BCUT2D eigenvalue weighted by atomic mass is 32.2. The lowest BCUT2D eigenvalue weighted by Crippen LogP contribution is -2.19. The molecule has 0 amide bonds. The Kier molecular flexibility index (Phi) is 4.85. The summed E-state index contributed by atoms with van der Waals surface area (Å²) < 4.78 is 32.7. The van der Waals surface area contributed by atoms with Crippen LogP contribution in [0.2, 0.25) is 0 Å². The molecule has 0 aliphatic heterocycles. The maximum Gasteiger partial charge on any atom is 0.328 e. The molecule has 0 aliphatic rings. The molecule has 3 aromatic heterocycles. The van der Waals surface area contributed by atoms with Crippen molar-refractivity contribution < 1.29 is 8.42 Å². The van der Waals surface area contributed by atoms with E-state index in [2.05, 4.69) is 9.71 Å². The van der Waals surface area contributed by atoms with Gasteiger partial charge in [-0.1, -0.05) is 18.2 Å². The van der Waals surface area contributed by atoms with E-state index in [1.54, 1.807) is 47.6 Å². The predicted molar refractivity (Wildman–Crippen MR) is 140 cm³/mol. The number of aryl methyl sites for hydroxylation is 2. The van der Waals surface area contributed by atoms with Crippen LogP contribution in [-0.4, -0.2) is 39.1 Å². The Hall–Kier alpha value is -4.28. The number of aromatic nitrogens is 5. The number of hydrogen-bond donors (Lipinski definition) is 1. The van der Waals surface area contributed by atoms with Crippen LogP contribution in [0.3, 0.4) is 0 Å². The Balaban J connectivity index is 1.74. The number of nitrogens with zero attached hydrogens (tertiary/aromatic N) is 5.